The third kappa shape index (κ3) is 2.25. The minimum absolute atomic E-state index is 0.0200. The molecule has 0 aliphatic carbocycles. The predicted octanol–water partition coefficient (Wildman–Crippen LogP) is 0.512. The summed E-state index contributed by atoms with van der Waals surface area (Å²) in [5.41, 5.74) is 6.50. The van der Waals surface area contributed by atoms with Crippen LogP contribution >= 0.6 is 0 Å². The SMILES string of the molecule is CNC(=O)c1ccn(-c2c(N)cccc2C(=O)O)n1. The lowest BCUT2D eigenvalue weighted by molar-refractivity contribution is 0.0696. The van der Waals surface area contributed by atoms with E-state index in [2.05, 4.69) is 10.4 Å². The Balaban J connectivity index is 2.56. The van der Waals surface area contributed by atoms with E-state index >= 15 is 0 Å². The highest BCUT2D eigenvalue weighted by atomic mass is 16.4. The third-order valence-electron chi connectivity index (χ3n) is 2.58. The van der Waals surface area contributed by atoms with Crippen molar-refractivity contribution >= 4 is 17.6 Å². The van der Waals surface area contributed by atoms with Crippen LogP contribution in [0.2, 0.25) is 0 Å². The lowest BCUT2D eigenvalue weighted by Gasteiger charge is -2.09. The number of carbonyl (C=O) groups is 2. The topological polar surface area (TPSA) is 110 Å². The van der Waals surface area contributed by atoms with Crippen molar-refractivity contribution in [2.45, 2.75) is 0 Å². The van der Waals surface area contributed by atoms with Crippen LogP contribution < -0.4 is 11.1 Å². The third-order valence-corrected chi connectivity index (χ3v) is 2.58. The number of hydrogen-bond donors (Lipinski definition) is 3. The molecule has 0 saturated heterocycles. The van der Waals surface area contributed by atoms with E-state index in [9.17, 15) is 9.59 Å². The summed E-state index contributed by atoms with van der Waals surface area (Å²) in [5.74, 6) is -1.47. The molecule has 1 aromatic heterocycles. The number of nitrogens with two attached hydrogens (primary N) is 1. The average Bonchev–Trinajstić information content (AvgIpc) is 2.86. The Bertz CT molecular complexity index is 648. The summed E-state index contributed by atoms with van der Waals surface area (Å²) in [6.45, 7) is 0. The second-order valence-electron chi connectivity index (χ2n) is 3.77. The summed E-state index contributed by atoms with van der Waals surface area (Å²) in [5, 5.41) is 15.6. The largest absolute Gasteiger partial charge is 0.478 e. The first-order valence-corrected chi connectivity index (χ1v) is 5.44. The van der Waals surface area contributed by atoms with Gasteiger partial charge in [0.25, 0.3) is 5.91 Å². The Labute approximate surface area is 108 Å². The minimum atomic E-state index is -1.11. The number of aromatic nitrogens is 2. The molecule has 2 rings (SSSR count). The maximum absolute atomic E-state index is 11.4. The number of hydrogen-bond acceptors (Lipinski definition) is 4. The van der Waals surface area contributed by atoms with E-state index in [4.69, 9.17) is 10.8 Å². The van der Waals surface area contributed by atoms with E-state index in [-0.39, 0.29) is 28.5 Å². The first kappa shape index (κ1) is 12.6. The molecule has 0 radical (unpaired) electrons. The van der Waals surface area contributed by atoms with Crippen LogP contribution in [-0.4, -0.2) is 33.8 Å². The number of carboxylic acids is 1. The smallest absolute Gasteiger partial charge is 0.337 e. The first-order chi connectivity index (χ1) is 9.04. The molecule has 0 aliphatic heterocycles. The number of aromatic carboxylic acids is 1. The Morgan fingerprint density at radius 2 is 2.11 bits per heavy atom. The van der Waals surface area contributed by atoms with Gasteiger partial charge >= 0.3 is 5.97 Å². The van der Waals surface area contributed by atoms with E-state index in [0.717, 1.165) is 0 Å². The van der Waals surface area contributed by atoms with Crippen LogP contribution in [0.15, 0.2) is 30.5 Å². The lowest BCUT2D eigenvalue weighted by atomic mass is 10.1. The number of benzene rings is 1. The molecule has 1 heterocycles. The van der Waals surface area contributed by atoms with Crippen molar-refractivity contribution in [3.05, 3.63) is 41.7 Å². The predicted molar refractivity (Wildman–Crippen MR) is 68.3 cm³/mol. The van der Waals surface area contributed by atoms with Crippen molar-refractivity contribution in [2.75, 3.05) is 12.8 Å². The standard InChI is InChI=1S/C12H12N4O3/c1-14-11(17)9-5-6-16(15-9)10-7(12(18)19)3-2-4-8(10)13/h2-6H,13H2,1H3,(H,14,17)(H,18,19). The van der Waals surface area contributed by atoms with Crippen molar-refractivity contribution in [3.63, 3.8) is 0 Å². The minimum Gasteiger partial charge on any atom is -0.478 e. The van der Waals surface area contributed by atoms with Crippen molar-refractivity contribution < 1.29 is 14.7 Å². The number of nitrogens with zero attached hydrogens (tertiary/aromatic N) is 2. The maximum Gasteiger partial charge on any atom is 0.337 e. The van der Waals surface area contributed by atoms with Gasteiger partial charge in [-0.2, -0.15) is 5.10 Å². The van der Waals surface area contributed by atoms with Crippen LogP contribution in [0, 0.1) is 0 Å². The number of para-hydroxylation sites is 1. The van der Waals surface area contributed by atoms with Crippen molar-refractivity contribution in [1.82, 2.24) is 15.1 Å². The highest BCUT2D eigenvalue weighted by Crippen LogP contribution is 2.21. The molecular formula is C12H12N4O3. The molecule has 7 nitrogen and oxygen atoms in total. The fourth-order valence-electron chi connectivity index (χ4n) is 1.69. The Hall–Kier alpha value is -2.83. The summed E-state index contributed by atoms with van der Waals surface area (Å²) >= 11 is 0. The van der Waals surface area contributed by atoms with Crippen molar-refractivity contribution in [2.24, 2.45) is 0 Å². The monoisotopic (exact) mass is 260 g/mol. The molecule has 0 atom stereocenters. The highest BCUT2D eigenvalue weighted by molar-refractivity contribution is 5.95. The molecule has 1 aromatic carbocycles. The molecule has 4 N–H and O–H groups in total. The van der Waals surface area contributed by atoms with Crippen molar-refractivity contribution in [3.8, 4) is 5.69 Å². The zero-order valence-corrected chi connectivity index (χ0v) is 10.1. The van der Waals surface area contributed by atoms with Crippen LogP contribution in [0.3, 0.4) is 0 Å². The Kier molecular flexibility index (Phi) is 3.19. The Morgan fingerprint density at radius 1 is 1.37 bits per heavy atom. The number of carbonyl (C=O) groups excluding carboxylic acids is 1. The van der Waals surface area contributed by atoms with E-state index < -0.39 is 5.97 Å². The summed E-state index contributed by atoms with van der Waals surface area (Å²) in [7, 11) is 1.49. The molecular weight excluding hydrogens is 248 g/mol. The van der Waals surface area contributed by atoms with Crippen LogP contribution in [0.25, 0.3) is 5.69 Å². The molecule has 0 bridgehead atoms. The molecule has 19 heavy (non-hydrogen) atoms. The fourth-order valence-corrected chi connectivity index (χ4v) is 1.69. The van der Waals surface area contributed by atoms with Gasteiger partial charge in [0, 0.05) is 13.2 Å². The number of carboxylic acid groups (broad SMARTS) is 1. The van der Waals surface area contributed by atoms with E-state index in [1.165, 1.54) is 30.1 Å². The Morgan fingerprint density at radius 3 is 2.74 bits per heavy atom. The zero-order chi connectivity index (χ0) is 14.0. The number of nitrogens with one attached hydrogen (secondary N) is 1. The number of amides is 1. The summed E-state index contributed by atoms with van der Waals surface area (Å²) in [6.07, 6.45) is 1.49. The summed E-state index contributed by atoms with van der Waals surface area (Å²) in [4.78, 5) is 22.6. The molecule has 0 aliphatic rings. The van der Waals surface area contributed by atoms with Crippen LogP contribution in [0.5, 0.6) is 0 Å². The molecule has 0 saturated carbocycles. The van der Waals surface area contributed by atoms with Gasteiger partial charge in [-0.05, 0) is 18.2 Å². The van der Waals surface area contributed by atoms with Gasteiger partial charge in [0.2, 0.25) is 0 Å². The van der Waals surface area contributed by atoms with E-state index in [1.54, 1.807) is 12.1 Å². The van der Waals surface area contributed by atoms with Gasteiger partial charge in [-0.15, -0.1) is 0 Å². The number of anilines is 1. The zero-order valence-electron chi connectivity index (χ0n) is 10.1. The van der Waals surface area contributed by atoms with Gasteiger partial charge in [0.05, 0.1) is 11.3 Å². The second-order valence-corrected chi connectivity index (χ2v) is 3.77. The molecule has 98 valence electrons. The van der Waals surface area contributed by atoms with Crippen LogP contribution in [0.1, 0.15) is 20.8 Å². The van der Waals surface area contributed by atoms with E-state index in [0.29, 0.717) is 0 Å². The first-order valence-electron chi connectivity index (χ1n) is 5.44. The quantitative estimate of drug-likeness (QED) is 0.696. The summed E-state index contributed by atoms with van der Waals surface area (Å²) < 4.78 is 1.28. The highest BCUT2D eigenvalue weighted by Gasteiger charge is 2.16. The fraction of sp³-hybridized carbons (Fsp3) is 0.0833. The van der Waals surface area contributed by atoms with Gasteiger partial charge in [-0.3, -0.25) is 4.79 Å². The van der Waals surface area contributed by atoms with Gasteiger partial charge in [-0.25, -0.2) is 9.48 Å². The summed E-state index contributed by atoms with van der Waals surface area (Å²) in [6, 6.07) is 6.03. The van der Waals surface area contributed by atoms with Gasteiger partial charge in [0.1, 0.15) is 5.69 Å². The molecule has 7 heteroatoms. The molecule has 0 spiro atoms. The molecule has 0 unspecified atom stereocenters. The van der Waals surface area contributed by atoms with E-state index in [1.807, 2.05) is 0 Å². The number of nitrogen functional groups attached to an aromatic ring is 1. The average molecular weight is 260 g/mol. The normalized spacial score (nSPS) is 10.2. The van der Waals surface area contributed by atoms with Gasteiger partial charge in [0.15, 0.2) is 5.69 Å². The van der Waals surface area contributed by atoms with Crippen LogP contribution in [-0.2, 0) is 0 Å². The molecule has 1 amide bonds. The van der Waals surface area contributed by atoms with Crippen molar-refractivity contribution in [1.29, 1.82) is 0 Å². The molecule has 2 aromatic rings. The molecule has 0 fully saturated rings. The lowest BCUT2D eigenvalue weighted by Crippen LogP contribution is -2.19. The second kappa shape index (κ2) is 4.81. The van der Waals surface area contributed by atoms with Crippen LogP contribution in [0.4, 0.5) is 5.69 Å². The number of rotatable bonds is 3. The van der Waals surface area contributed by atoms with Gasteiger partial charge in [-0.1, -0.05) is 6.07 Å². The maximum atomic E-state index is 11.4. The van der Waals surface area contributed by atoms with Gasteiger partial charge < -0.3 is 16.2 Å².